The second-order valence-corrected chi connectivity index (χ2v) is 9.53. The third-order valence-electron chi connectivity index (χ3n) is 4.52. The number of ether oxygens (including phenoxy) is 2. The van der Waals surface area contributed by atoms with Crippen LogP contribution in [0.3, 0.4) is 0 Å². The molecule has 0 aliphatic carbocycles. The van der Waals surface area contributed by atoms with Crippen LogP contribution in [0.4, 0.5) is 0 Å². The van der Waals surface area contributed by atoms with Gasteiger partial charge in [-0.1, -0.05) is 35.3 Å². The lowest BCUT2D eigenvalue weighted by molar-refractivity contribution is 0.0153. The summed E-state index contributed by atoms with van der Waals surface area (Å²) >= 11 is 12.2. The molecule has 162 valence electrons. The lowest BCUT2D eigenvalue weighted by Crippen LogP contribution is -2.30. The summed E-state index contributed by atoms with van der Waals surface area (Å²) in [6.45, 7) is 2.24. The van der Waals surface area contributed by atoms with E-state index < -0.39 is 15.9 Å². The van der Waals surface area contributed by atoms with Crippen LogP contribution in [0.1, 0.15) is 22.0 Å². The largest absolute Gasteiger partial charge is 0.493 e. The summed E-state index contributed by atoms with van der Waals surface area (Å²) in [6.07, 6.45) is 0.680. The molecule has 0 bridgehead atoms. The SMILES string of the molecule is CS(=O)(=O)NC(=O)c1cccc(OC[C@@H]2CNCCO[C@H]2c2ccc(Cl)c(Cl)c2)c1. The summed E-state index contributed by atoms with van der Waals surface area (Å²) in [5.74, 6) is -0.289. The fourth-order valence-electron chi connectivity index (χ4n) is 3.15. The summed E-state index contributed by atoms with van der Waals surface area (Å²) in [7, 11) is -3.65. The number of carbonyl (C=O) groups excluding carboxylic acids is 1. The minimum absolute atomic E-state index is 0.0294. The van der Waals surface area contributed by atoms with E-state index >= 15 is 0 Å². The minimum Gasteiger partial charge on any atom is -0.493 e. The molecule has 2 atom stereocenters. The molecule has 2 aromatic carbocycles. The zero-order chi connectivity index (χ0) is 21.7. The molecule has 30 heavy (non-hydrogen) atoms. The number of sulfonamides is 1. The number of nitrogens with one attached hydrogen (secondary N) is 2. The molecule has 7 nitrogen and oxygen atoms in total. The van der Waals surface area contributed by atoms with Crippen LogP contribution in [0.2, 0.25) is 10.0 Å². The van der Waals surface area contributed by atoms with Crippen LogP contribution in [0.5, 0.6) is 5.75 Å². The quantitative estimate of drug-likeness (QED) is 0.670. The molecule has 1 aliphatic heterocycles. The normalized spacial score (nSPS) is 19.7. The van der Waals surface area contributed by atoms with E-state index in [2.05, 4.69) is 5.32 Å². The second-order valence-electron chi connectivity index (χ2n) is 6.97. The first kappa shape index (κ1) is 22.8. The molecule has 0 unspecified atom stereocenters. The molecule has 1 fully saturated rings. The second kappa shape index (κ2) is 9.98. The van der Waals surface area contributed by atoms with E-state index in [1.165, 1.54) is 12.1 Å². The Balaban J connectivity index is 1.73. The van der Waals surface area contributed by atoms with Gasteiger partial charge in [-0.2, -0.15) is 0 Å². The number of rotatable bonds is 6. The van der Waals surface area contributed by atoms with Crippen LogP contribution in [-0.2, 0) is 14.8 Å². The van der Waals surface area contributed by atoms with Gasteiger partial charge < -0.3 is 14.8 Å². The molecule has 1 amide bonds. The lowest BCUT2D eigenvalue weighted by Gasteiger charge is -2.25. The third-order valence-corrected chi connectivity index (χ3v) is 5.82. The van der Waals surface area contributed by atoms with E-state index in [-0.39, 0.29) is 17.6 Å². The Morgan fingerprint density at radius 3 is 2.77 bits per heavy atom. The van der Waals surface area contributed by atoms with Crippen LogP contribution in [0.15, 0.2) is 42.5 Å². The summed E-state index contributed by atoms with van der Waals surface area (Å²) in [4.78, 5) is 12.1. The van der Waals surface area contributed by atoms with E-state index in [0.717, 1.165) is 18.4 Å². The van der Waals surface area contributed by atoms with E-state index in [0.29, 0.717) is 35.6 Å². The predicted octanol–water partition coefficient (Wildman–Crippen LogP) is 3.04. The summed E-state index contributed by atoms with van der Waals surface area (Å²) < 4.78 is 36.4. The summed E-state index contributed by atoms with van der Waals surface area (Å²) in [5.41, 5.74) is 1.09. The van der Waals surface area contributed by atoms with Gasteiger partial charge in [0.25, 0.3) is 5.91 Å². The van der Waals surface area contributed by atoms with Crippen LogP contribution < -0.4 is 14.8 Å². The molecule has 2 aromatic rings. The standard InChI is InChI=1S/C20H22Cl2N2O5S/c1-30(26,27)24-20(25)14-3-2-4-16(9-14)29-12-15-11-23-7-8-28-19(15)13-5-6-17(21)18(22)10-13/h2-6,9-10,15,19,23H,7-8,11-12H2,1H3,(H,24,25)/t15-,19-/m0/s1. The zero-order valence-corrected chi connectivity index (χ0v) is 18.6. The van der Waals surface area contributed by atoms with Gasteiger partial charge in [0.15, 0.2) is 0 Å². The van der Waals surface area contributed by atoms with Crippen molar-refractivity contribution in [1.82, 2.24) is 10.0 Å². The zero-order valence-electron chi connectivity index (χ0n) is 16.2. The first-order valence-corrected chi connectivity index (χ1v) is 11.9. The molecule has 1 heterocycles. The number of hydrogen-bond donors (Lipinski definition) is 2. The van der Waals surface area contributed by atoms with Crippen molar-refractivity contribution in [3.05, 3.63) is 63.6 Å². The lowest BCUT2D eigenvalue weighted by atomic mass is 9.96. The van der Waals surface area contributed by atoms with Crippen LogP contribution in [-0.4, -0.2) is 46.9 Å². The van der Waals surface area contributed by atoms with Crippen molar-refractivity contribution in [2.75, 3.05) is 32.6 Å². The highest BCUT2D eigenvalue weighted by Crippen LogP contribution is 2.32. The van der Waals surface area contributed by atoms with Crippen molar-refractivity contribution < 1.29 is 22.7 Å². The molecule has 1 saturated heterocycles. The highest BCUT2D eigenvalue weighted by atomic mass is 35.5. The van der Waals surface area contributed by atoms with Gasteiger partial charge in [-0.3, -0.25) is 4.79 Å². The molecule has 2 N–H and O–H groups in total. The average Bonchev–Trinajstić information content (AvgIpc) is 2.93. The molecule has 0 radical (unpaired) electrons. The Hall–Kier alpha value is -1.84. The van der Waals surface area contributed by atoms with Gasteiger partial charge in [-0.25, -0.2) is 13.1 Å². The molecular formula is C20H22Cl2N2O5S. The van der Waals surface area contributed by atoms with Crippen molar-refractivity contribution in [3.63, 3.8) is 0 Å². The fraction of sp³-hybridized carbons (Fsp3) is 0.350. The van der Waals surface area contributed by atoms with Crippen molar-refractivity contribution in [2.45, 2.75) is 6.10 Å². The first-order valence-electron chi connectivity index (χ1n) is 9.25. The maximum Gasteiger partial charge on any atom is 0.264 e. The van der Waals surface area contributed by atoms with Crippen molar-refractivity contribution in [2.24, 2.45) is 5.92 Å². The number of amides is 1. The Morgan fingerprint density at radius 1 is 1.23 bits per heavy atom. The molecule has 1 aliphatic rings. The van der Waals surface area contributed by atoms with Crippen molar-refractivity contribution in [3.8, 4) is 5.75 Å². The van der Waals surface area contributed by atoms with Crippen LogP contribution in [0, 0.1) is 5.92 Å². The minimum atomic E-state index is -3.65. The third kappa shape index (κ3) is 6.33. The van der Waals surface area contributed by atoms with Gasteiger partial charge in [0, 0.05) is 24.6 Å². The van der Waals surface area contributed by atoms with Gasteiger partial charge in [0.05, 0.1) is 35.6 Å². The Labute approximate surface area is 185 Å². The fourth-order valence-corrected chi connectivity index (χ4v) is 3.91. The molecular weight excluding hydrogens is 451 g/mol. The van der Waals surface area contributed by atoms with Gasteiger partial charge in [-0.05, 0) is 35.9 Å². The number of hydrogen-bond acceptors (Lipinski definition) is 6. The maximum absolute atomic E-state index is 12.1. The Kier molecular flexibility index (Phi) is 7.60. The van der Waals surface area contributed by atoms with Gasteiger partial charge in [0.2, 0.25) is 10.0 Å². The van der Waals surface area contributed by atoms with E-state index in [1.807, 2.05) is 10.8 Å². The van der Waals surface area contributed by atoms with E-state index in [9.17, 15) is 13.2 Å². The average molecular weight is 473 g/mol. The molecule has 0 aromatic heterocycles. The predicted molar refractivity (Wildman–Crippen MR) is 116 cm³/mol. The topological polar surface area (TPSA) is 93.7 Å². The number of benzene rings is 2. The van der Waals surface area contributed by atoms with Gasteiger partial charge in [0.1, 0.15) is 5.75 Å². The molecule has 0 saturated carbocycles. The van der Waals surface area contributed by atoms with Crippen molar-refractivity contribution >= 4 is 39.1 Å². The van der Waals surface area contributed by atoms with Gasteiger partial charge in [-0.15, -0.1) is 0 Å². The van der Waals surface area contributed by atoms with Crippen LogP contribution in [0.25, 0.3) is 0 Å². The molecule has 0 spiro atoms. The van der Waals surface area contributed by atoms with E-state index in [4.69, 9.17) is 32.7 Å². The first-order chi connectivity index (χ1) is 14.2. The maximum atomic E-state index is 12.1. The monoisotopic (exact) mass is 472 g/mol. The highest BCUT2D eigenvalue weighted by Gasteiger charge is 2.27. The van der Waals surface area contributed by atoms with Crippen molar-refractivity contribution in [1.29, 1.82) is 0 Å². The van der Waals surface area contributed by atoms with E-state index in [1.54, 1.807) is 24.3 Å². The summed E-state index contributed by atoms with van der Waals surface area (Å²) in [5, 5.41) is 4.25. The Bertz CT molecular complexity index is 1020. The number of carbonyl (C=O) groups is 1. The highest BCUT2D eigenvalue weighted by molar-refractivity contribution is 7.89. The Morgan fingerprint density at radius 2 is 2.03 bits per heavy atom. The molecule has 10 heteroatoms. The summed E-state index contributed by atoms with van der Waals surface area (Å²) in [6, 6.07) is 11.8. The molecule has 3 rings (SSSR count). The van der Waals surface area contributed by atoms with Crippen LogP contribution >= 0.6 is 23.2 Å². The number of halogens is 2. The van der Waals surface area contributed by atoms with Gasteiger partial charge >= 0.3 is 0 Å². The smallest absolute Gasteiger partial charge is 0.264 e.